The molecule has 1 aromatic heterocycles. The topological polar surface area (TPSA) is 58.1 Å². The normalized spacial score (nSPS) is 18.5. The van der Waals surface area contributed by atoms with Gasteiger partial charge in [0.1, 0.15) is 18.0 Å². The predicted molar refractivity (Wildman–Crippen MR) is 83.2 cm³/mol. The van der Waals surface area contributed by atoms with Crippen LogP contribution in [0.2, 0.25) is 0 Å². The molecule has 0 bridgehead atoms. The third-order valence-corrected chi connectivity index (χ3v) is 3.98. The number of carbonyl (C=O) groups excluding carboxylic acids is 1. The summed E-state index contributed by atoms with van der Waals surface area (Å²) < 4.78 is 13.5. The van der Waals surface area contributed by atoms with Crippen molar-refractivity contribution in [3.05, 3.63) is 30.3 Å². The standard InChI is InChI=1S/C16H19FN4O/c1-2-15(22)20-12-4-3-7-21(9-12)16-13-8-11(17)5-6-14(13)18-10-19-16/h5-6,8,10,12H,2-4,7,9H2,1H3,(H,20,22). The lowest BCUT2D eigenvalue weighted by Gasteiger charge is -2.34. The van der Waals surface area contributed by atoms with Gasteiger partial charge in [0.05, 0.1) is 5.52 Å². The van der Waals surface area contributed by atoms with E-state index in [0.717, 1.165) is 30.7 Å². The first-order valence-electron chi connectivity index (χ1n) is 7.62. The van der Waals surface area contributed by atoms with Crippen LogP contribution in [0, 0.1) is 5.82 Å². The van der Waals surface area contributed by atoms with Gasteiger partial charge in [-0.25, -0.2) is 14.4 Å². The number of hydrogen-bond donors (Lipinski definition) is 1. The minimum absolute atomic E-state index is 0.0606. The van der Waals surface area contributed by atoms with E-state index in [0.29, 0.717) is 18.4 Å². The van der Waals surface area contributed by atoms with E-state index in [1.54, 1.807) is 6.07 Å². The Kier molecular flexibility index (Phi) is 4.18. The highest BCUT2D eigenvalue weighted by atomic mass is 19.1. The SMILES string of the molecule is CCC(=O)NC1CCCN(c2ncnc3ccc(F)cc23)C1. The van der Waals surface area contributed by atoms with Gasteiger partial charge in [-0.3, -0.25) is 4.79 Å². The van der Waals surface area contributed by atoms with E-state index < -0.39 is 0 Å². The van der Waals surface area contributed by atoms with E-state index in [1.165, 1.54) is 18.5 Å². The number of amides is 1. The number of nitrogens with one attached hydrogen (secondary N) is 1. The summed E-state index contributed by atoms with van der Waals surface area (Å²) in [6.07, 6.45) is 3.91. The first kappa shape index (κ1) is 14.7. The van der Waals surface area contributed by atoms with Crippen molar-refractivity contribution >= 4 is 22.6 Å². The number of carbonyl (C=O) groups is 1. The van der Waals surface area contributed by atoms with Crippen molar-refractivity contribution in [2.75, 3.05) is 18.0 Å². The molecule has 1 aliphatic rings. The number of benzene rings is 1. The van der Waals surface area contributed by atoms with E-state index >= 15 is 0 Å². The van der Waals surface area contributed by atoms with Crippen molar-refractivity contribution in [2.45, 2.75) is 32.2 Å². The Balaban J connectivity index is 1.87. The predicted octanol–water partition coefficient (Wildman–Crippen LogP) is 2.26. The molecule has 1 aliphatic heterocycles. The summed E-state index contributed by atoms with van der Waals surface area (Å²) >= 11 is 0. The van der Waals surface area contributed by atoms with Crippen LogP contribution < -0.4 is 10.2 Å². The largest absolute Gasteiger partial charge is 0.354 e. The second-order valence-electron chi connectivity index (χ2n) is 5.56. The monoisotopic (exact) mass is 302 g/mol. The summed E-state index contributed by atoms with van der Waals surface area (Å²) in [4.78, 5) is 22.2. The van der Waals surface area contributed by atoms with Crippen LogP contribution >= 0.6 is 0 Å². The van der Waals surface area contributed by atoms with Crippen molar-refractivity contribution < 1.29 is 9.18 Å². The van der Waals surface area contributed by atoms with Gasteiger partial charge in [-0.2, -0.15) is 0 Å². The van der Waals surface area contributed by atoms with Crippen LogP contribution in [-0.4, -0.2) is 35.0 Å². The van der Waals surface area contributed by atoms with Crippen LogP contribution in [0.1, 0.15) is 26.2 Å². The minimum Gasteiger partial charge on any atom is -0.354 e. The third-order valence-electron chi connectivity index (χ3n) is 3.98. The second-order valence-corrected chi connectivity index (χ2v) is 5.56. The van der Waals surface area contributed by atoms with Crippen molar-refractivity contribution in [2.24, 2.45) is 0 Å². The molecule has 1 aromatic carbocycles. The zero-order valence-electron chi connectivity index (χ0n) is 12.6. The molecule has 1 fully saturated rings. The van der Waals surface area contributed by atoms with Gasteiger partial charge in [0.2, 0.25) is 5.91 Å². The van der Waals surface area contributed by atoms with Gasteiger partial charge in [-0.1, -0.05) is 6.92 Å². The van der Waals surface area contributed by atoms with E-state index in [2.05, 4.69) is 20.2 Å². The van der Waals surface area contributed by atoms with Crippen LogP contribution in [-0.2, 0) is 4.79 Å². The lowest BCUT2D eigenvalue weighted by atomic mass is 10.0. The molecule has 1 amide bonds. The Morgan fingerprint density at radius 3 is 3.14 bits per heavy atom. The molecular weight excluding hydrogens is 283 g/mol. The quantitative estimate of drug-likeness (QED) is 0.945. The molecule has 5 nitrogen and oxygen atoms in total. The van der Waals surface area contributed by atoms with E-state index in [9.17, 15) is 9.18 Å². The number of anilines is 1. The number of hydrogen-bond acceptors (Lipinski definition) is 4. The Bertz CT molecular complexity index is 691. The Hall–Kier alpha value is -2.24. The fourth-order valence-corrected chi connectivity index (χ4v) is 2.88. The van der Waals surface area contributed by atoms with Gasteiger partial charge in [0.15, 0.2) is 0 Å². The maximum Gasteiger partial charge on any atom is 0.219 e. The number of aromatic nitrogens is 2. The van der Waals surface area contributed by atoms with Crippen molar-refractivity contribution in [1.82, 2.24) is 15.3 Å². The van der Waals surface area contributed by atoms with Gasteiger partial charge in [-0.05, 0) is 31.0 Å². The summed E-state index contributed by atoms with van der Waals surface area (Å²) in [5, 5.41) is 3.74. The van der Waals surface area contributed by atoms with Gasteiger partial charge < -0.3 is 10.2 Å². The average Bonchev–Trinajstić information content (AvgIpc) is 2.54. The smallest absolute Gasteiger partial charge is 0.219 e. The lowest BCUT2D eigenvalue weighted by Crippen LogP contribution is -2.48. The van der Waals surface area contributed by atoms with Gasteiger partial charge in [0, 0.05) is 30.9 Å². The highest BCUT2D eigenvalue weighted by Crippen LogP contribution is 2.26. The van der Waals surface area contributed by atoms with E-state index in [-0.39, 0.29) is 17.8 Å². The zero-order chi connectivity index (χ0) is 15.5. The molecule has 3 rings (SSSR count). The zero-order valence-corrected chi connectivity index (χ0v) is 12.6. The van der Waals surface area contributed by atoms with Crippen LogP contribution in [0.3, 0.4) is 0 Å². The summed E-state index contributed by atoms with van der Waals surface area (Å²) in [5.74, 6) is 0.502. The highest BCUT2D eigenvalue weighted by molar-refractivity contribution is 5.89. The van der Waals surface area contributed by atoms with E-state index in [1.807, 2.05) is 6.92 Å². The summed E-state index contributed by atoms with van der Waals surface area (Å²) in [7, 11) is 0. The molecule has 22 heavy (non-hydrogen) atoms. The first-order chi connectivity index (χ1) is 10.7. The molecule has 0 spiro atoms. The molecule has 2 heterocycles. The summed E-state index contributed by atoms with van der Waals surface area (Å²) in [6, 6.07) is 4.65. The summed E-state index contributed by atoms with van der Waals surface area (Å²) in [5.41, 5.74) is 0.728. The van der Waals surface area contributed by atoms with Gasteiger partial charge >= 0.3 is 0 Å². The molecule has 0 aliphatic carbocycles. The van der Waals surface area contributed by atoms with Gasteiger partial charge in [-0.15, -0.1) is 0 Å². The Morgan fingerprint density at radius 1 is 1.45 bits per heavy atom. The third kappa shape index (κ3) is 3.00. The van der Waals surface area contributed by atoms with E-state index in [4.69, 9.17) is 0 Å². The van der Waals surface area contributed by atoms with Gasteiger partial charge in [0.25, 0.3) is 0 Å². The number of nitrogens with zero attached hydrogens (tertiary/aromatic N) is 3. The minimum atomic E-state index is -0.295. The van der Waals surface area contributed by atoms with Crippen molar-refractivity contribution in [3.8, 4) is 0 Å². The average molecular weight is 302 g/mol. The first-order valence-corrected chi connectivity index (χ1v) is 7.62. The number of fused-ring (bicyclic) bond motifs is 1. The molecule has 1 N–H and O–H groups in total. The molecule has 0 radical (unpaired) electrons. The van der Waals surface area contributed by atoms with Crippen LogP contribution in [0.25, 0.3) is 10.9 Å². The molecule has 116 valence electrons. The number of halogens is 1. The number of piperidine rings is 1. The maximum atomic E-state index is 13.5. The Labute approximate surface area is 128 Å². The fourth-order valence-electron chi connectivity index (χ4n) is 2.88. The lowest BCUT2D eigenvalue weighted by molar-refractivity contribution is -0.121. The number of rotatable bonds is 3. The molecular formula is C16H19FN4O. The highest BCUT2D eigenvalue weighted by Gasteiger charge is 2.23. The molecule has 1 saturated heterocycles. The molecule has 2 aromatic rings. The maximum absolute atomic E-state index is 13.5. The fraction of sp³-hybridized carbons (Fsp3) is 0.438. The molecule has 6 heteroatoms. The van der Waals surface area contributed by atoms with Crippen LogP contribution in [0.15, 0.2) is 24.5 Å². The van der Waals surface area contributed by atoms with Crippen molar-refractivity contribution in [3.63, 3.8) is 0 Å². The molecule has 0 saturated carbocycles. The van der Waals surface area contributed by atoms with Crippen LogP contribution in [0.5, 0.6) is 0 Å². The second kappa shape index (κ2) is 6.25. The van der Waals surface area contributed by atoms with Crippen LogP contribution in [0.4, 0.5) is 10.2 Å². The summed E-state index contributed by atoms with van der Waals surface area (Å²) in [6.45, 7) is 3.38. The molecule has 1 atom stereocenters. The van der Waals surface area contributed by atoms with Crippen molar-refractivity contribution in [1.29, 1.82) is 0 Å². The molecule has 1 unspecified atom stereocenters. The Morgan fingerprint density at radius 2 is 2.32 bits per heavy atom.